The van der Waals surface area contributed by atoms with Crippen LogP contribution in [0.15, 0.2) is 47.6 Å². The molecule has 2 N–H and O–H groups in total. The number of methoxy groups -OCH3 is 1. The Morgan fingerprint density at radius 2 is 2.07 bits per heavy atom. The minimum atomic E-state index is -0.520. The predicted molar refractivity (Wildman–Crippen MR) is 113 cm³/mol. The highest BCUT2D eigenvalue weighted by Gasteiger charge is 2.23. The van der Waals surface area contributed by atoms with Gasteiger partial charge in [0.1, 0.15) is 11.8 Å². The van der Waals surface area contributed by atoms with E-state index >= 15 is 0 Å². The van der Waals surface area contributed by atoms with Crippen LogP contribution in [-0.4, -0.2) is 49.5 Å². The summed E-state index contributed by atoms with van der Waals surface area (Å²) in [7, 11) is 1.55. The molecule has 30 heavy (non-hydrogen) atoms. The molecule has 0 aliphatic carbocycles. The van der Waals surface area contributed by atoms with E-state index in [0.717, 1.165) is 16.8 Å². The number of nitrogens with one attached hydrogen (secondary N) is 2. The van der Waals surface area contributed by atoms with Crippen LogP contribution in [0.4, 0.5) is 11.4 Å². The van der Waals surface area contributed by atoms with Crippen LogP contribution < -0.4 is 10.6 Å². The highest BCUT2D eigenvalue weighted by atomic mass is 16.6. The van der Waals surface area contributed by atoms with Crippen molar-refractivity contribution in [3.8, 4) is 0 Å². The molecule has 1 amide bonds. The first kappa shape index (κ1) is 21.3. The monoisotopic (exact) mass is 412 g/mol. The van der Waals surface area contributed by atoms with E-state index < -0.39 is 10.8 Å². The Hall–Kier alpha value is -3.46. The molecule has 2 aromatic carbocycles. The average Bonchev–Trinajstić information content (AvgIpc) is 3.22. The van der Waals surface area contributed by atoms with Crippen LogP contribution in [-0.2, 0) is 9.57 Å². The van der Waals surface area contributed by atoms with Gasteiger partial charge in [-0.2, -0.15) is 0 Å². The minimum absolute atomic E-state index is 0.166. The van der Waals surface area contributed by atoms with E-state index in [1.807, 2.05) is 31.2 Å². The first-order valence-electron chi connectivity index (χ1n) is 9.57. The smallest absolute Gasteiger partial charge is 0.293 e. The van der Waals surface area contributed by atoms with E-state index in [2.05, 4.69) is 15.8 Å². The van der Waals surface area contributed by atoms with Crippen molar-refractivity contribution in [1.29, 1.82) is 0 Å². The normalized spacial score (nSPS) is 15.3. The van der Waals surface area contributed by atoms with Crippen LogP contribution in [0.25, 0.3) is 0 Å². The SMILES string of the molecule is COCCNc1ccc(C(=O)NC[C@@H]2CC(c3ccc(C)cc3)=NO2)cc1[N+](=O)[O-]. The van der Waals surface area contributed by atoms with Crippen LogP contribution in [0.2, 0.25) is 0 Å². The van der Waals surface area contributed by atoms with Gasteiger partial charge in [-0.25, -0.2) is 0 Å². The molecule has 0 fully saturated rings. The molecule has 0 bridgehead atoms. The Morgan fingerprint density at radius 3 is 2.77 bits per heavy atom. The van der Waals surface area contributed by atoms with Crippen LogP contribution in [0.5, 0.6) is 0 Å². The van der Waals surface area contributed by atoms with Crippen LogP contribution >= 0.6 is 0 Å². The van der Waals surface area contributed by atoms with Gasteiger partial charge in [-0.1, -0.05) is 35.0 Å². The number of oxime groups is 1. The molecule has 9 heteroatoms. The summed E-state index contributed by atoms with van der Waals surface area (Å²) >= 11 is 0. The highest BCUT2D eigenvalue weighted by Crippen LogP contribution is 2.25. The summed E-state index contributed by atoms with van der Waals surface area (Å²) in [6.07, 6.45) is 0.293. The molecule has 3 rings (SSSR count). The summed E-state index contributed by atoms with van der Waals surface area (Å²) in [6, 6.07) is 12.3. The number of hydrogen-bond donors (Lipinski definition) is 2. The fourth-order valence-electron chi connectivity index (χ4n) is 3.02. The number of ether oxygens (including phenoxy) is 1. The van der Waals surface area contributed by atoms with E-state index in [0.29, 0.717) is 25.3 Å². The molecule has 0 spiro atoms. The van der Waals surface area contributed by atoms with Gasteiger partial charge in [-0.15, -0.1) is 0 Å². The predicted octanol–water partition coefficient (Wildman–Crippen LogP) is 2.88. The molecule has 0 saturated carbocycles. The molecular formula is C21H24N4O5. The number of amides is 1. The second kappa shape index (κ2) is 9.84. The average molecular weight is 412 g/mol. The number of nitrogens with zero attached hydrogens (tertiary/aromatic N) is 2. The zero-order valence-electron chi connectivity index (χ0n) is 16.9. The summed E-state index contributed by atoms with van der Waals surface area (Å²) in [5.41, 5.74) is 3.36. The Bertz CT molecular complexity index is 943. The summed E-state index contributed by atoms with van der Waals surface area (Å²) in [5, 5.41) is 21.2. The maximum absolute atomic E-state index is 12.5. The van der Waals surface area contributed by atoms with Gasteiger partial charge in [0.15, 0.2) is 0 Å². The van der Waals surface area contributed by atoms with Crippen molar-refractivity contribution in [3.05, 3.63) is 69.3 Å². The molecule has 158 valence electrons. The summed E-state index contributed by atoms with van der Waals surface area (Å²) in [5.74, 6) is -0.408. The molecule has 0 saturated heterocycles. The fraction of sp³-hybridized carbons (Fsp3) is 0.333. The van der Waals surface area contributed by atoms with E-state index in [-0.39, 0.29) is 23.9 Å². The number of benzene rings is 2. The fourth-order valence-corrected chi connectivity index (χ4v) is 3.02. The molecule has 2 aromatic rings. The highest BCUT2D eigenvalue weighted by molar-refractivity contribution is 6.01. The Kier molecular flexibility index (Phi) is 6.97. The number of nitro groups is 1. The number of anilines is 1. The summed E-state index contributed by atoms with van der Waals surface area (Å²) in [4.78, 5) is 28.7. The Morgan fingerprint density at radius 1 is 1.30 bits per heavy atom. The lowest BCUT2D eigenvalue weighted by molar-refractivity contribution is -0.384. The van der Waals surface area contributed by atoms with E-state index in [9.17, 15) is 14.9 Å². The molecule has 1 aliphatic heterocycles. The van der Waals surface area contributed by atoms with Crippen LogP contribution in [0.3, 0.4) is 0 Å². The maximum atomic E-state index is 12.5. The molecule has 0 unspecified atom stereocenters. The van der Waals surface area contributed by atoms with Gasteiger partial charge in [0.2, 0.25) is 0 Å². The molecule has 1 atom stereocenters. The molecule has 0 radical (unpaired) electrons. The molecular weight excluding hydrogens is 388 g/mol. The number of carbonyl (C=O) groups is 1. The third-order valence-corrected chi connectivity index (χ3v) is 4.69. The standard InChI is InChI=1S/C21H24N4O5/c1-14-3-5-15(6-4-14)19-12-17(30-24-19)13-23-21(26)16-7-8-18(22-9-10-29-2)20(11-16)25(27)28/h3-8,11,17,22H,9-10,12-13H2,1-2H3,(H,23,26)/t17-/m0/s1. The van der Waals surface area contributed by atoms with Gasteiger partial charge >= 0.3 is 0 Å². The van der Waals surface area contributed by atoms with E-state index in [1.54, 1.807) is 13.2 Å². The van der Waals surface area contributed by atoms with Gasteiger partial charge in [-0.3, -0.25) is 14.9 Å². The lowest BCUT2D eigenvalue weighted by Gasteiger charge is -2.11. The molecule has 0 aromatic heterocycles. The number of hydrogen-bond acceptors (Lipinski definition) is 7. The number of nitro benzene ring substituents is 1. The summed E-state index contributed by atoms with van der Waals surface area (Å²) in [6.45, 7) is 3.10. The third kappa shape index (κ3) is 5.32. The van der Waals surface area contributed by atoms with Gasteiger partial charge < -0.3 is 20.2 Å². The summed E-state index contributed by atoms with van der Waals surface area (Å²) < 4.78 is 4.93. The first-order chi connectivity index (χ1) is 14.5. The third-order valence-electron chi connectivity index (χ3n) is 4.69. The Labute approximate surface area is 174 Å². The van der Waals surface area contributed by atoms with E-state index in [1.165, 1.54) is 12.1 Å². The van der Waals surface area contributed by atoms with Crippen molar-refractivity contribution in [1.82, 2.24) is 5.32 Å². The van der Waals surface area contributed by atoms with Crippen molar-refractivity contribution in [2.24, 2.45) is 5.16 Å². The second-order valence-electron chi connectivity index (χ2n) is 6.95. The van der Waals surface area contributed by atoms with Crippen molar-refractivity contribution in [3.63, 3.8) is 0 Å². The zero-order valence-corrected chi connectivity index (χ0v) is 16.9. The number of carbonyl (C=O) groups excluding carboxylic acids is 1. The van der Waals surface area contributed by atoms with Crippen molar-refractivity contribution in [2.75, 3.05) is 32.1 Å². The largest absolute Gasteiger partial charge is 0.390 e. The topological polar surface area (TPSA) is 115 Å². The van der Waals surface area contributed by atoms with Gasteiger partial charge in [0.25, 0.3) is 11.6 Å². The van der Waals surface area contributed by atoms with Crippen molar-refractivity contribution >= 4 is 23.0 Å². The molecule has 1 heterocycles. The Balaban J connectivity index is 1.56. The lowest BCUT2D eigenvalue weighted by Crippen LogP contribution is -2.32. The quantitative estimate of drug-likeness (QED) is 0.372. The second-order valence-corrected chi connectivity index (χ2v) is 6.95. The number of aryl methyl sites for hydroxylation is 1. The van der Waals surface area contributed by atoms with E-state index in [4.69, 9.17) is 9.57 Å². The molecule has 9 nitrogen and oxygen atoms in total. The van der Waals surface area contributed by atoms with Gasteiger partial charge in [-0.05, 0) is 24.6 Å². The maximum Gasteiger partial charge on any atom is 0.293 e. The first-order valence-corrected chi connectivity index (χ1v) is 9.57. The van der Waals surface area contributed by atoms with Crippen LogP contribution in [0, 0.1) is 17.0 Å². The minimum Gasteiger partial charge on any atom is -0.390 e. The molecule has 1 aliphatic rings. The number of rotatable bonds is 9. The zero-order chi connectivity index (χ0) is 21.5. The van der Waals surface area contributed by atoms with Crippen LogP contribution in [0.1, 0.15) is 27.9 Å². The van der Waals surface area contributed by atoms with Crippen molar-refractivity contribution < 1.29 is 19.3 Å². The van der Waals surface area contributed by atoms with Gasteiger partial charge in [0, 0.05) is 31.7 Å². The van der Waals surface area contributed by atoms with Gasteiger partial charge in [0.05, 0.1) is 23.8 Å². The van der Waals surface area contributed by atoms with Crippen molar-refractivity contribution in [2.45, 2.75) is 19.4 Å². The lowest BCUT2D eigenvalue weighted by atomic mass is 10.0.